The third-order valence-electron chi connectivity index (χ3n) is 3.80. The average molecular weight is 339 g/mol. The van der Waals surface area contributed by atoms with Gasteiger partial charge in [0.25, 0.3) is 5.56 Å². The summed E-state index contributed by atoms with van der Waals surface area (Å²) in [6, 6.07) is 7.10. The molecule has 7 heteroatoms. The van der Waals surface area contributed by atoms with Gasteiger partial charge in [0.05, 0.1) is 6.33 Å². The van der Waals surface area contributed by atoms with Crippen LogP contribution in [0.5, 0.6) is 0 Å². The van der Waals surface area contributed by atoms with Gasteiger partial charge in [0.15, 0.2) is 0 Å². The lowest BCUT2D eigenvalue weighted by Gasteiger charge is -2.35. The van der Waals surface area contributed by atoms with Crippen LogP contribution in [-0.2, 0) is 6.54 Å². The first-order valence-electron chi connectivity index (χ1n) is 7.08. The molecule has 22 heavy (non-hydrogen) atoms. The molecule has 2 heterocycles. The van der Waals surface area contributed by atoms with Crippen molar-refractivity contribution in [1.29, 1.82) is 0 Å². The summed E-state index contributed by atoms with van der Waals surface area (Å²) in [7, 11) is 0. The lowest BCUT2D eigenvalue weighted by atomic mass is 10.2. The van der Waals surface area contributed by atoms with E-state index in [0.717, 1.165) is 44.1 Å². The maximum Gasteiger partial charge on any atom is 0.252 e. The zero-order valence-corrected chi connectivity index (χ0v) is 13.4. The summed E-state index contributed by atoms with van der Waals surface area (Å²) >= 11 is 12.4. The summed E-state index contributed by atoms with van der Waals surface area (Å²) in [4.78, 5) is 22.5. The standard InChI is InChI=1S/C15H16Cl2N4O/c16-12-2-1-3-13(17)11(12)9-20-4-6-21(7-5-20)14-8-15(22)19-10-18-14/h1-3,8,10H,4-7,9H2,(H,18,19,22). The Morgan fingerprint density at radius 2 is 1.82 bits per heavy atom. The van der Waals surface area contributed by atoms with E-state index in [1.165, 1.54) is 12.4 Å². The number of halogens is 2. The Hall–Kier alpha value is -1.56. The zero-order chi connectivity index (χ0) is 15.5. The molecule has 116 valence electrons. The second-order valence-electron chi connectivity index (χ2n) is 5.23. The molecule has 3 rings (SSSR count). The van der Waals surface area contributed by atoms with Crippen LogP contribution in [0.1, 0.15) is 5.56 Å². The second kappa shape index (κ2) is 6.69. The minimum absolute atomic E-state index is 0.129. The van der Waals surface area contributed by atoms with Crippen molar-refractivity contribution in [3.8, 4) is 0 Å². The molecule has 5 nitrogen and oxygen atoms in total. The third-order valence-corrected chi connectivity index (χ3v) is 4.51. The van der Waals surface area contributed by atoms with Crippen LogP contribution in [0, 0.1) is 0 Å². The number of aromatic nitrogens is 2. The molecule has 1 aliphatic rings. The average Bonchev–Trinajstić information content (AvgIpc) is 2.52. The molecule has 0 spiro atoms. The van der Waals surface area contributed by atoms with Crippen LogP contribution < -0.4 is 10.5 Å². The Bertz CT molecular complexity index is 690. The number of benzene rings is 1. The highest BCUT2D eigenvalue weighted by Crippen LogP contribution is 2.26. The minimum atomic E-state index is -0.129. The maximum absolute atomic E-state index is 11.4. The van der Waals surface area contributed by atoms with Gasteiger partial charge in [-0.1, -0.05) is 29.3 Å². The molecule has 1 saturated heterocycles. The quantitative estimate of drug-likeness (QED) is 0.933. The molecule has 0 amide bonds. The summed E-state index contributed by atoms with van der Waals surface area (Å²) in [5.41, 5.74) is 0.837. The highest BCUT2D eigenvalue weighted by atomic mass is 35.5. The van der Waals surface area contributed by atoms with E-state index in [2.05, 4.69) is 19.8 Å². The van der Waals surface area contributed by atoms with E-state index in [1.807, 2.05) is 18.2 Å². The maximum atomic E-state index is 11.4. The van der Waals surface area contributed by atoms with Gasteiger partial charge in [0, 0.05) is 54.4 Å². The van der Waals surface area contributed by atoms with Gasteiger partial charge in [-0.3, -0.25) is 9.69 Å². The number of anilines is 1. The summed E-state index contributed by atoms with van der Waals surface area (Å²) in [6.45, 7) is 4.11. The third kappa shape index (κ3) is 3.43. The molecule has 0 atom stereocenters. The number of hydrogen-bond acceptors (Lipinski definition) is 4. The van der Waals surface area contributed by atoms with Crippen LogP contribution in [0.25, 0.3) is 0 Å². The molecular formula is C15H16Cl2N4O. The molecular weight excluding hydrogens is 323 g/mol. The van der Waals surface area contributed by atoms with Gasteiger partial charge < -0.3 is 9.88 Å². The SMILES string of the molecule is O=c1cc(N2CCN(Cc3c(Cl)cccc3Cl)CC2)nc[nH]1. The van der Waals surface area contributed by atoms with Crippen LogP contribution in [0.4, 0.5) is 5.82 Å². The van der Waals surface area contributed by atoms with Gasteiger partial charge in [-0.2, -0.15) is 0 Å². The van der Waals surface area contributed by atoms with Crippen LogP contribution in [0.15, 0.2) is 35.4 Å². The van der Waals surface area contributed by atoms with E-state index < -0.39 is 0 Å². The topological polar surface area (TPSA) is 52.2 Å². The number of rotatable bonds is 3. The van der Waals surface area contributed by atoms with Crippen LogP contribution in [0.2, 0.25) is 10.0 Å². The Labute approximate surface area is 138 Å². The van der Waals surface area contributed by atoms with Crippen molar-refractivity contribution in [1.82, 2.24) is 14.9 Å². The number of hydrogen-bond donors (Lipinski definition) is 1. The van der Waals surface area contributed by atoms with E-state index in [-0.39, 0.29) is 5.56 Å². The molecule has 1 fully saturated rings. The predicted octanol–water partition coefficient (Wildman–Crippen LogP) is 2.40. The number of nitrogens with zero attached hydrogens (tertiary/aromatic N) is 3. The number of H-pyrrole nitrogens is 1. The molecule has 0 radical (unpaired) electrons. The van der Waals surface area contributed by atoms with E-state index in [9.17, 15) is 4.79 Å². The minimum Gasteiger partial charge on any atom is -0.354 e. The van der Waals surface area contributed by atoms with E-state index >= 15 is 0 Å². The highest BCUT2D eigenvalue weighted by molar-refractivity contribution is 6.35. The first kappa shape index (κ1) is 15.3. The van der Waals surface area contributed by atoms with Gasteiger partial charge in [-0.05, 0) is 12.1 Å². The summed E-state index contributed by atoms with van der Waals surface area (Å²) < 4.78 is 0. The van der Waals surface area contributed by atoms with Crippen LogP contribution >= 0.6 is 23.2 Å². The van der Waals surface area contributed by atoms with Crippen molar-refractivity contribution in [2.24, 2.45) is 0 Å². The number of piperazine rings is 1. The van der Waals surface area contributed by atoms with Gasteiger partial charge >= 0.3 is 0 Å². The van der Waals surface area contributed by atoms with Crippen molar-refractivity contribution in [3.05, 3.63) is 56.6 Å². The first-order valence-corrected chi connectivity index (χ1v) is 7.84. The first-order chi connectivity index (χ1) is 10.6. The monoisotopic (exact) mass is 338 g/mol. The Morgan fingerprint density at radius 3 is 2.45 bits per heavy atom. The molecule has 2 aromatic rings. The van der Waals surface area contributed by atoms with E-state index in [0.29, 0.717) is 10.0 Å². The summed E-state index contributed by atoms with van der Waals surface area (Å²) in [5, 5.41) is 1.40. The fourth-order valence-corrected chi connectivity index (χ4v) is 3.09. The molecule has 1 N–H and O–H groups in total. The van der Waals surface area contributed by atoms with Crippen LogP contribution in [-0.4, -0.2) is 41.0 Å². The van der Waals surface area contributed by atoms with E-state index in [1.54, 1.807) is 0 Å². The van der Waals surface area contributed by atoms with Crippen molar-refractivity contribution in [2.75, 3.05) is 31.1 Å². The fraction of sp³-hybridized carbons (Fsp3) is 0.333. The predicted molar refractivity (Wildman–Crippen MR) is 88.8 cm³/mol. The van der Waals surface area contributed by atoms with Crippen molar-refractivity contribution in [3.63, 3.8) is 0 Å². The van der Waals surface area contributed by atoms with Gasteiger partial charge in [0.2, 0.25) is 0 Å². The molecule has 1 aromatic carbocycles. The molecule has 1 aliphatic heterocycles. The fourth-order valence-electron chi connectivity index (χ4n) is 2.57. The Morgan fingerprint density at radius 1 is 1.14 bits per heavy atom. The Kier molecular flexibility index (Phi) is 4.66. The molecule has 1 aromatic heterocycles. The molecule has 0 bridgehead atoms. The lowest BCUT2D eigenvalue weighted by molar-refractivity contribution is 0.249. The largest absolute Gasteiger partial charge is 0.354 e. The smallest absolute Gasteiger partial charge is 0.252 e. The molecule has 0 saturated carbocycles. The van der Waals surface area contributed by atoms with Crippen molar-refractivity contribution >= 4 is 29.0 Å². The Balaban J connectivity index is 1.64. The summed E-state index contributed by atoms with van der Waals surface area (Å²) in [5.74, 6) is 0.721. The van der Waals surface area contributed by atoms with Crippen LogP contribution in [0.3, 0.4) is 0 Å². The van der Waals surface area contributed by atoms with E-state index in [4.69, 9.17) is 23.2 Å². The van der Waals surface area contributed by atoms with Crippen molar-refractivity contribution < 1.29 is 0 Å². The normalized spacial score (nSPS) is 16.0. The number of nitrogens with one attached hydrogen (secondary N) is 1. The molecule has 0 aliphatic carbocycles. The summed E-state index contributed by atoms with van der Waals surface area (Å²) in [6.07, 6.45) is 1.44. The van der Waals surface area contributed by atoms with Crippen molar-refractivity contribution in [2.45, 2.75) is 6.54 Å². The van der Waals surface area contributed by atoms with Gasteiger partial charge in [0.1, 0.15) is 5.82 Å². The van der Waals surface area contributed by atoms with Gasteiger partial charge in [-0.25, -0.2) is 4.98 Å². The number of aromatic amines is 1. The second-order valence-corrected chi connectivity index (χ2v) is 6.05. The highest BCUT2D eigenvalue weighted by Gasteiger charge is 2.19. The molecule has 0 unspecified atom stereocenters. The van der Waals surface area contributed by atoms with Gasteiger partial charge in [-0.15, -0.1) is 0 Å². The lowest BCUT2D eigenvalue weighted by Crippen LogP contribution is -2.46. The zero-order valence-electron chi connectivity index (χ0n) is 11.9.